The van der Waals surface area contributed by atoms with E-state index in [0.717, 1.165) is 28.0 Å². The van der Waals surface area contributed by atoms with Crippen molar-refractivity contribution in [3.05, 3.63) is 59.2 Å². The molecule has 1 N–H and O–H groups in total. The number of ether oxygens (including phenoxy) is 2. The Morgan fingerprint density at radius 2 is 1.85 bits per heavy atom. The van der Waals surface area contributed by atoms with Gasteiger partial charge in [0.25, 0.3) is 0 Å². The summed E-state index contributed by atoms with van der Waals surface area (Å²) >= 11 is 6.14. The number of methoxy groups -OCH3 is 1. The molecule has 0 fully saturated rings. The Hall–Kier alpha value is -2.13. The summed E-state index contributed by atoms with van der Waals surface area (Å²) in [5.74, 6) is 1.46. The Kier molecular flexibility index (Phi) is 3.52. The van der Waals surface area contributed by atoms with Gasteiger partial charge in [0.05, 0.1) is 17.6 Å². The molecule has 1 heterocycles. The van der Waals surface area contributed by atoms with Gasteiger partial charge in [-0.2, -0.15) is 0 Å². The fourth-order valence-corrected chi connectivity index (χ4v) is 2.42. The van der Waals surface area contributed by atoms with Gasteiger partial charge in [0.2, 0.25) is 0 Å². The molecule has 1 aromatic heterocycles. The van der Waals surface area contributed by atoms with Crippen molar-refractivity contribution >= 4 is 22.5 Å². The molecule has 0 atom stereocenters. The maximum atomic E-state index is 6.14. The summed E-state index contributed by atoms with van der Waals surface area (Å²) in [4.78, 5) is 3.18. The van der Waals surface area contributed by atoms with Crippen LogP contribution in [0.15, 0.2) is 48.7 Å². The molecule has 2 aromatic carbocycles. The lowest BCUT2D eigenvalue weighted by Gasteiger charge is -2.09. The molecular formula is C16H14ClNO2. The minimum Gasteiger partial charge on any atom is -0.493 e. The SMILES string of the molecule is COc1ccccc1OCc1c[nH]c2c(Cl)cccc12. The van der Waals surface area contributed by atoms with E-state index in [-0.39, 0.29) is 0 Å². The molecular weight excluding hydrogens is 274 g/mol. The second kappa shape index (κ2) is 5.47. The van der Waals surface area contributed by atoms with Gasteiger partial charge < -0.3 is 14.5 Å². The van der Waals surface area contributed by atoms with E-state index < -0.39 is 0 Å². The lowest BCUT2D eigenvalue weighted by atomic mass is 10.2. The van der Waals surface area contributed by atoms with Crippen LogP contribution in [0.2, 0.25) is 5.02 Å². The molecule has 3 nitrogen and oxygen atoms in total. The summed E-state index contributed by atoms with van der Waals surface area (Å²) in [5.41, 5.74) is 2.00. The predicted octanol–water partition coefficient (Wildman–Crippen LogP) is 4.41. The highest BCUT2D eigenvalue weighted by Gasteiger charge is 2.08. The van der Waals surface area contributed by atoms with E-state index in [2.05, 4.69) is 4.98 Å². The molecule has 0 aliphatic carbocycles. The fraction of sp³-hybridized carbons (Fsp3) is 0.125. The van der Waals surface area contributed by atoms with Crippen molar-refractivity contribution in [3.8, 4) is 11.5 Å². The number of benzene rings is 2. The van der Waals surface area contributed by atoms with E-state index in [9.17, 15) is 0 Å². The van der Waals surface area contributed by atoms with Crippen LogP contribution < -0.4 is 9.47 Å². The number of para-hydroxylation sites is 3. The molecule has 102 valence electrons. The predicted molar refractivity (Wildman–Crippen MR) is 80.6 cm³/mol. The molecule has 0 spiro atoms. The molecule has 3 rings (SSSR count). The lowest BCUT2D eigenvalue weighted by molar-refractivity contribution is 0.285. The Morgan fingerprint density at radius 1 is 1.05 bits per heavy atom. The number of halogens is 1. The number of H-pyrrole nitrogens is 1. The van der Waals surface area contributed by atoms with Gasteiger partial charge in [-0.05, 0) is 18.2 Å². The Morgan fingerprint density at radius 3 is 2.65 bits per heavy atom. The molecule has 0 amide bonds. The van der Waals surface area contributed by atoms with E-state index in [4.69, 9.17) is 21.1 Å². The quantitative estimate of drug-likeness (QED) is 0.771. The molecule has 0 aliphatic rings. The molecule has 0 aliphatic heterocycles. The zero-order chi connectivity index (χ0) is 13.9. The van der Waals surface area contributed by atoms with Gasteiger partial charge in [-0.25, -0.2) is 0 Å². The first kappa shape index (κ1) is 12.9. The van der Waals surface area contributed by atoms with Crippen molar-refractivity contribution in [2.45, 2.75) is 6.61 Å². The van der Waals surface area contributed by atoms with Crippen molar-refractivity contribution in [2.24, 2.45) is 0 Å². The zero-order valence-corrected chi connectivity index (χ0v) is 11.8. The fourth-order valence-electron chi connectivity index (χ4n) is 2.19. The van der Waals surface area contributed by atoms with Crippen LogP contribution in [0.3, 0.4) is 0 Å². The van der Waals surface area contributed by atoms with Crippen LogP contribution >= 0.6 is 11.6 Å². The summed E-state index contributed by atoms with van der Waals surface area (Å²) in [7, 11) is 1.63. The van der Waals surface area contributed by atoms with Crippen LogP contribution in [0.4, 0.5) is 0 Å². The Bertz CT molecular complexity index is 736. The van der Waals surface area contributed by atoms with E-state index in [0.29, 0.717) is 11.6 Å². The third kappa shape index (κ3) is 2.32. The second-order valence-corrected chi connectivity index (χ2v) is 4.82. The average Bonchev–Trinajstić information content (AvgIpc) is 2.90. The minimum atomic E-state index is 0.459. The van der Waals surface area contributed by atoms with Crippen molar-refractivity contribution < 1.29 is 9.47 Å². The van der Waals surface area contributed by atoms with Gasteiger partial charge in [0, 0.05) is 17.1 Å². The Balaban J connectivity index is 1.85. The third-order valence-electron chi connectivity index (χ3n) is 3.20. The molecule has 20 heavy (non-hydrogen) atoms. The van der Waals surface area contributed by atoms with Crippen molar-refractivity contribution in [1.29, 1.82) is 0 Å². The average molecular weight is 288 g/mol. The van der Waals surface area contributed by atoms with Crippen LogP contribution in [0, 0.1) is 0 Å². The molecule has 0 unspecified atom stereocenters. The van der Waals surface area contributed by atoms with Gasteiger partial charge in [-0.3, -0.25) is 0 Å². The van der Waals surface area contributed by atoms with Gasteiger partial charge in [-0.1, -0.05) is 35.9 Å². The van der Waals surface area contributed by atoms with Crippen molar-refractivity contribution in [1.82, 2.24) is 4.98 Å². The zero-order valence-electron chi connectivity index (χ0n) is 11.0. The highest BCUT2D eigenvalue weighted by Crippen LogP contribution is 2.29. The first-order chi connectivity index (χ1) is 9.79. The summed E-state index contributed by atoms with van der Waals surface area (Å²) in [6.07, 6.45) is 1.92. The first-order valence-corrected chi connectivity index (χ1v) is 6.67. The molecule has 0 bridgehead atoms. The normalized spacial score (nSPS) is 10.7. The van der Waals surface area contributed by atoms with Gasteiger partial charge in [0.1, 0.15) is 6.61 Å². The van der Waals surface area contributed by atoms with Gasteiger partial charge >= 0.3 is 0 Å². The monoisotopic (exact) mass is 287 g/mol. The molecule has 4 heteroatoms. The highest BCUT2D eigenvalue weighted by atomic mass is 35.5. The minimum absolute atomic E-state index is 0.459. The van der Waals surface area contributed by atoms with Crippen LogP contribution in [-0.2, 0) is 6.61 Å². The van der Waals surface area contributed by atoms with Gasteiger partial charge in [-0.15, -0.1) is 0 Å². The number of aromatic nitrogens is 1. The summed E-state index contributed by atoms with van der Waals surface area (Å²) in [5, 5.41) is 1.79. The molecule has 0 radical (unpaired) electrons. The molecule has 0 saturated heterocycles. The number of hydrogen-bond acceptors (Lipinski definition) is 2. The lowest BCUT2D eigenvalue weighted by Crippen LogP contribution is -1.96. The molecule has 0 saturated carbocycles. The third-order valence-corrected chi connectivity index (χ3v) is 3.52. The van der Waals surface area contributed by atoms with Crippen LogP contribution in [0.25, 0.3) is 10.9 Å². The largest absolute Gasteiger partial charge is 0.493 e. The highest BCUT2D eigenvalue weighted by molar-refractivity contribution is 6.35. The number of aromatic amines is 1. The number of fused-ring (bicyclic) bond motifs is 1. The topological polar surface area (TPSA) is 34.2 Å². The van der Waals surface area contributed by atoms with Crippen molar-refractivity contribution in [2.75, 3.05) is 7.11 Å². The van der Waals surface area contributed by atoms with Gasteiger partial charge in [0.15, 0.2) is 11.5 Å². The molecule has 3 aromatic rings. The van der Waals surface area contributed by atoms with Crippen LogP contribution in [0.5, 0.6) is 11.5 Å². The second-order valence-electron chi connectivity index (χ2n) is 4.42. The maximum absolute atomic E-state index is 6.14. The van der Waals surface area contributed by atoms with E-state index in [1.807, 2.05) is 48.7 Å². The van der Waals surface area contributed by atoms with Crippen molar-refractivity contribution in [3.63, 3.8) is 0 Å². The first-order valence-electron chi connectivity index (χ1n) is 6.30. The Labute approximate surface area is 122 Å². The van der Waals surface area contributed by atoms with E-state index >= 15 is 0 Å². The summed E-state index contributed by atoms with van der Waals surface area (Å²) in [6, 6.07) is 13.4. The number of hydrogen-bond donors (Lipinski definition) is 1. The number of nitrogens with one attached hydrogen (secondary N) is 1. The van der Waals surface area contributed by atoms with Crippen LogP contribution in [0.1, 0.15) is 5.56 Å². The summed E-state index contributed by atoms with van der Waals surface area (Å²) in [6.45, 7) is 0.459. The van der Waals surface area contributed by atoms with E-state index in [1.54, 1.807) is 7.11 Å². The maximum Gasteiger partial charge on any atom is 0.161 e. The summed E-state index contributed by atoms with van der Waals surface area (Å²) < 4.78 is 11.1. The van der Waals surface area contributed by atoms with Crippen LogP contribution in [-0.4, -0.2) is 12.1 Å². The number of rotatable bonds is 4. The van der Waals surface area contributed by atoms with E-state index in [1.165, 1.54) is 0 Å². The smallest absolute Gasteiger partial charge is 0.161 e. The standard InChI is InChI=1S/C16H14ClNO2/c1-19-14-7-2-3-8-15(14)20-10-11-9-18-16-12(11)5-4-6-13(16)17/h2-9,18H,10H2,1H3.